The maximum absolute atomic E-state index is 8.51. The first kappa shape index (κ1) is 9.72. The van der Waals surface area contributed by atoms with Crippen LogP contribution in [0.2, 0.25) is 0 Å². The molecule has 0 unspecified atom stereocenters. The number of imidazole rings is 1. The minimum atomic E-state index is 0.569. The summed E-state index contributed by atoms with van der Waals surface area (Å²) >= 11 is 0. The van der Waals surface area contributed by atoms with E-state index in [9.17, 15) is 0 Å². The second kappa shape index (κ2) is 4.14. The minimum absolute atomic E-state index is 0.569. The highest BCUT2D eigenvalue weighted by Gasteiger charge is 2.01. The molecule has 15 heavy (non-hydrogen) atoms. The van der Waals surface area contributed by atoms with Crippen molar-refractivity contribution in [1.29, 1.82) is 5.26 Å². The van der Waals surface area contributed by atoms with Gasteiger partial charge in [-0.3, -0.25) is 0 Å². The molecule has 3 nitrogen and oxygen atoms in total. The van der Waals surface area contributed by atoms with Crippen LogP contribution < -0.4 is 0 Å². The number of hydrogen-bond acceptors (Lipinski definition) is 2. The van der Waals surface area contributed by atoms with E-state index in [0.29, 0.717) is 6.42 Å². The minimum Gasteiger partial charge on any atom is -0.331 e. The molecule has 0 aliphatic rings. The number of rotatable bonds is 3. The summed E-state index contributed by atoms with van der Waals surface area (Å²) in [5.41, 5.74) is 3.37. The molecule has 0 amide bonds. The predicted octanol–water partition coefficient (Wildman–Crippen LogP) is 2.51. The molecule has 0 radical (unpaired) electrons. The fraction of sp³-hybridized carbons (Fsp3) is 0.333. The largest absolute Gasteiger partial charge is 0.331 e. The van der Waals surface area contributed by atoms with Crippen molar-refractivity contribution in [3.8, 4) is 6.07 Å². The molecular weight excluding hydrogens is 186 g/mol. The van der Waals surface area contributed by atoms with Crippen molar-refractivity contribution in [3.63, 3.8) is 0 Å². The molecule has 0 saturated heterocycles. The molecule has 1 aromatic heterocycles. The molecule has 0 fully saturated rings. The third-order valence-corrected chi connectivity index (χ3v) is 2.55. The van der Waals surface area contributed by atoms with Crippen molar-refractivity contribution in [1.82, 2.24) is 9.55 Å². The number of aromatic nitrogens is 2. The normalized spacial score (nSPS) is 10.4. The maximum Gasteiger partial charge on any atom is 0.0958 e. The van der Waals surface area contributed by atoms with Gasteiger partial charge in [0.2, 0.25) is 0 Å². The Kier molecular flexibility index (Phi) is 2.68. The SMILES string of the molecule is CCn1cnc2cc(CCC#N)ccc21. The monoisotopic (exact) mass is 199 g/mol. The standard InChI is InChI=1S/C12H13N3/c1-2-15-9-14-11-8-10(4-3-7-13)5-6-12(11)15/h5-6,8-9H,2-4H2,1H3. The van der Waals surface area contributed by atoms with Crippen LogP contribution in [0.3, 0.4) is 0 Å². The smallest absolute Gasteiger partial charge is 0.0958 e. The van der Waals surface area contributed by atoms with Crippen molar-refractivity contribution >= 4 is 11.0 Å². The highest BCUT2D eigenvalue weighted by atomic mass is 15.0. The Morgan fingerprint density at radius 3 is 3.07 bits per heavy atom. The lowest BCUT2D eigenvalue weighted by atomic mass is 10.1. The van der Waals surface area contributed by atoms with Crippen LogP contribution >= 0.6 is 0 Å². The summed E-state index contributed by atoms with van der Waals surface area (Å²) < 4.78 is 2.11. The van der Waals surface area contributed by atoms with Crippen LogP contribution in [0.4, 0.5) is 0 Å². The first-order chi connectivity index (χ1) is 7.35. The van der Waals surface area contributed by atoms with Crippen LogP contribution in [0.15, 0.2) is 24.5 Å². The molecule has 1 heterocycles. The molecule has 2 rings (SSSR count). The quantitative estimate of drug-likeness (QED) is 0.762. The second-order valence-corrected chi connectivity index (χ2v) is 3.51. The average molecular weight is 199 g/mol. The summed E-state index contributed by atoms with van der Waals surface area (Å²) in [6.45, 7) is 3.04. The van der Waals surface area contributed by atoms with Crippen molar-refractivity contribution in [3.05, 3.63) is 30.1 Å². The molecule has 0 atom stereocenters. The molecule has 0 bridgehead atoms. The zero-order valence-electron chi connectivity index (χ0n) is 8.77. The number of aryl methyl sites for hydroxylation is 2. The second-order valence-electron chi connectivity index (χ2n) is 3.51. The van der Waals surface area contributed by atoms with Gasteiger partial charge < -0.3 is 4.57 Å². The summed E-state index contributed by atoms with van der Waals surface area (Å²) in [6.07, 6.45) is 3.24. The lowest BCUT2D eigenvalue weighted by Gasteiger charge is -2.00. The molecule has 1 aromatic carbocycles. The predicted molar refractivity (Wildman–Crippen MR) is 59.3 cm³/mol. The van der Waals surface area contributed by atoms with Gasteiger partial charge in [-0.05, 0) is 31.0 Å². The van der Waals surface area contributed by atoms with Crippen molar-refractivity contribution < 1.29 is 0 Å². The van der Waals surface area contributed by atoms with Crippen molar-refractivity contribution in [2.24, 2.45) is 0 Å². The molecule has 0 aliphatic heterocycles. The molecule has 0 aliphatic carbocycles. The van der Waals surface area contributed by atoms with E-state index in [1.165, 1.54) is 11.1 Å². The topological polar surface area (TPSA) is 41.6 Å². The highest BCUT2D eigenvalue weighted by Crippen LogP contribution is 2.15. The number of nitriles is 1. The molecule has 0 N–H and O–H groups in total. The maximum atomic E-state index is 8.51. The summed E-state index contributed by atoms with van der Waals surface area (Å²) in [5.74, 6) is 0. The third-order valence-electron chi connectivity index (χ3n) is 2.55. The Hall–Kier alpha value is -1.82. The van der Waals surface area contributed by atoms with Gasteiger partial charge in [0, 0.05) is 13.0 Å². The number of hydrogen-bond donors (Lipinski definition) is 0. The molecule has 0 saturated carbocycles. The van der Waals surface area contributed by atoms with Crippen LogP contribution in [0.25, 0.3) is 11.0 Å². The Morgan fingerprint density at radius 1 is 1.47 bits per heavy atom. The van der Waals surface area contributed by atoms with Gasteiger partial charge in [0.15, 0.2) is 0 Å². The van der Waals surface area contributed by atoms with Gasteiger partial charge in [-0.1, -0.05) is 6.07 Å². The van der Waals surface area contributed by atoms with Crippen LogP contribution in [-0.2, 0) is 13.0 Å². The van der Waals surface area contributed by atoms with Crippen molar-refractivity contribution in [2.75, 3.05) is 0 Å². The number of benzene rings is 1. The van der Waals surface area contributed by atoms with E-state index >= 15 is 0 Å². The first-order valence-electron chi connectivity index (χ1n) is 5.16. The van der Waals surface area contributed by atoms with E-state index in [4.69, 9.17) is 5.26 Å². The van der Waals surface area contributed by atoms with E-state index in [0.717, 1.165) is 18.5 Å². The Morgan fingerprint density at radius 2 is 2.33 bits per heavy atom. The number of fused-ring (bicyclic) bond motifs is 1. The molecule has 2 aromatic rings. The zero-order valence-corrected chi connectivity index (χ0v) is 8.77. The summed E-state index contributed by atoms with van der Waals surface area (Å²) in [6, 6.07) is 8.38. The Labute approximate surface area is 89.0 Å². The van der Waals surface area contributed by atoms with Gasteiger partial charge in [-0.2, -0.15) is 5.26 Å². The number of nitrogens with zero attached hydrogens (tertiary/aromatic N) is 3. The van der Waals surface area contributed by atoms with Crippen molar-refractivity contribution in [2.45, 2.75) is 26.3 Å². The summed E-state index contributed by atoms with van der Waals surface area (Å²) in [4.78, 5) is 4.34. The van der Waals surface area contributed by atoms with E-state index in [1.54, 1.807) is 0 Å². The summed E-state index contributed by atoms with van der Waals surface area (Å²) in [7, 11) is 0. The molecule has 3 heteroatoms. The van der Waals surface area contributed by atoms with Gasteiger partial charge in [0.25, 0.3) is 0 Å². The third kappa shape index (κ3) is 1.84. The van der Waals surface area contributed by atoms with Gasteiger partial charge >= 0.3 is 0 Å². The van der Waals surface area contributed by atoms with Crippen LogP contribution in [0.1, 0.15) is 18.9 Å². The van der Waals surface area contributed by atoms with E-state index in [1.807, 2.05) is 6.33 Å². The Balaban J connectivity index is 2.36. The molecule has 0 spiro atoms. The Bertz CT molecular complexity index is 505. The molecule has 76 valence electrons. The zero-order chi connectivity index (χ0) is 10.7. The average Bonchev–Trinajstić information content (AvgIpc) is 2.68. The van der Waals surface area contributed by atoms with Gasteiger partial charge in [-0.15, -0.1) is 0 Å². The molecular formula is C12H13N3. The van der Waals surface area contributed by atoms with Gasteiger partial charge in [0.05, 0.1) is 23.4 Å². The van der Waals surface area contributed by atoms with Crippen LogP contribution in [0, 0.1) is 11.3 Å². The fourth-order valence-electron chi connectivity index (χ4n) is 1.72. The van der Waals surface area contributed by atoms with Crippen LogP contribution in [0.5, 0.6) is 0 Å². The van der Waals surface area contributed by atoms with Gasteiger partial charge in [-0.25, -0.2) is 4.98 Å². The van der Waals surface area contributed by atoms with Crippen LogP contribution in [-0.4, -0.2) is 9.55 Å². The van der Waals surface area contributed by atoms with E-state index in [2.05, 4.69) is 40.7 Å². The summed E-state index contributed by atoms with van der Waals surface area (Å²) in [5, 5.41) is 8.51. The lowest BCUT2D eigenvalue weighted by molar-refractivity contribution is 0.787. The first-order valence-corrected chi connectivity index (χ1v) is 5.16. The lowest BCUT2D eigenvalue weighted by Crippen LogP contribution is -1.91. The fourth-order valence-corrected chi connectivity index (χ4v) is 1.72. The highest BCUT2D eigenvalue weighted by molar-refractivity contribution is 5.76. The van der Waals surface area contributed by atoms with E-state index < -0.39 is 0 Å². The van der Waals surface area contributed by atoms with Gasteiger partial charge in [0.1, 0.15) is 0 Å². The van der Waals surface area contributed by atoms with E-state index in [-0.39, 0.29) is 0 Å².